The van der Waals surface area contributed by atoms with E-state index in [2.05, 4.69) is 38.4 Å². The van der Waals surface area contributed by atoms with Crippen molar-refractivity contribution in [2.75, 3.05) is 6.61 Å². The molecule has 0 fully saturated rings. The number of unbranched alkanes of at least 4 members (excludes halogenated alkanes) is 7. The van der Waals surface area contributed by atoms with Crippen molar-refractivity contribution < 1.29 is 9.53 Å². The van der Waals surface area contributed by atoms with Crippen LogP contribution in [0.25, 0.3) is 0 Å². The highest BCUT2D eigenvalue weighted by molar-refractivity contribution is 9.25. The first-order chi connectivity index (χ1) is 9.16. The molecule has 0 rings (SSSR count). The molecule has 0 N–H and O–H groups in total. The third-order valence-electron chi connectivity index (χ3n) is 2.98. The fraction of sp³-hybridized carbons (Fsp3) is 0.786. The number of hydrogen-bond donors (Lipinski definition) is 0. The first kappa shape index (κ1) is 19.4. The Morgan fingerprint density at radius 2 is 1.58 bits per heavy atom. The molecule has 0 radical (unpaired) electrons. The van der Waals surface area contributed by atoms with Crippen molar-refractivity contribution in [3.05, 3.63) is 12.7 Å². The van der Waals surface area contributed by atoms with E-state index in [9.17, 15) is 4.79 Å². The summed E-state index contributed by atoms with van der Waals surface area (Å²) in [6.45, 7) is 3.90. The zero-order valence-corrected chi connectivity index (χ0v) is 16.3. The molecule has 0 aromatic carbocycles. The third-order valence-corrected chi connectivity index (χ3v) is 7.07. The highest BCUT2D eigenvalue weighted by atomic mass is 79.9. The van der Waals surface area contributed by atoms with Gasteiger partial charge in [0.05, 0.1) is 9.97 Å². The normalized spacial score (nSPS) is 11.3. The van der Waals surface area contributed by atoms with Gasteiger partial charge in [-0.15, -0.1) is 0 Å². The van der Waals surface area contributed by atoms with Gasteiger partial charge >= 0.3 is 5.97 Å². The van der Waals surface area contributed by atoms with Crippen molar-refractivity contribution in [2.24, 2.45) is 0 Å². The van der Waals surface area contributed by atoms with Crippen LogP contribution in [0.3, 0.4) is 0 Å². The Morgan fingerprint density at radius 1 is 1.05 bits per heavy atom. The number of halogens is 2. The van der Waals surface area contributed by atoms with Gasteiger partial charge < -0.3 is 4.74 Å². The molecular weight excluding hydrogens is 388 g/mol. The first-order valence-corrected chi connectivity index (χ1v) is 10.9. The van der Waals surface area contributed by atoms with E-state index < -0.39 is 0 Å². The minimum atomic E-state index is -0.308. The van der Waals surface area contributed by atoms with E-state index in [4.69, 9.17) is 4.74 Å². The fourth-order valence-corrected chi connectivity index (χ4v) is 4.76. The Bertz CT molecular complexity index is 235. The summed E-state index contributed by atoms with van der Waals surface area (Å²) >= 11 is 7.11. The molecule has 0 saturated heterocycles. The van der Waals surface area contributed by atoms with E-state index >= 15 is 0 Å². The molecule has 0 aliphatic rings. The maximum absolute atomic E-state index is 10.8. The van der Waals surface area contributed by atoms with Crippen molar-refractivity contribution >= 4 is 47.3 Å². The highest BCUT2D eigenvalue weighted by Gasteiger charge is 1.98. The number of carbonyl (C=O) groups excluding carboxylic acids is 1. The topological polar surface area (TPSA) is 26.3 Å². The molecule has 19 heavy (non-hydrogen) atoms. The van der Waals surface area contributed by atoms with Crippen LogP contribution >= 0.6 is 31.9 Å². The second kappa shape index (κ2) is 14.8. The van der Waals surface area contributed by atoms with E-state index in [-0.39, 0.29) is 15.5 Å². The van der Waals surface area contributed by atoms with Gasteiger partial charge in [0.2, 0.25) is 0 Å². The summed E-state index contributed by atoms with van der Waals surface area (Å²) in [4.78, 5) is 10.8. The SMILES string of the molecule is C=CC(=O)OCCCCCCCCCC[SiH2]C(Br)Br. The van der Waals surface area contributed by atoms with Crippen LogP contribution in [0.15, 0.2) is 12.7 Å². The average Bonchev–Trinajstić information content (AvgIpc) is 2.39. The average molecular weight is 414 g/mol. The summed E-state index contributed by atoms with van der Waals surface area (Å²) in [5.74, 6) is -0.308. The van der Waals surface area contributed by atoms with E-state index in [0.29, 0.717) is 9.97 Å². The number of ether oxygens (including phenoxy) is 1. The van der Waals surface area contributed by atoms with Crippen molar-refractivity contribution in [1.29, 1.82) is 0 Å². The van der Waals surface area contributed by atoms with Crippen molar-refractivity contribution in [1.82, 2.24) is 0 Å². The Kier molecular flexibility index (Phi) is 15.1. The highest BCUT2D eigenvalue weighted by Crippen LogP contribution is 2.12. The van der Waals surface area contributed by atoms with Gasteiger partial charge in [0.1, 0.15) is 0 Å². The number of carbonyl (C=O) groups is 1. The van der Waals surface area contributed by atoms with Crippen LogP contribution in [0, 0.1) is 0 Å². The van der Waals surface area contributed by atoms with Gasteiger partial charge in [0.15, 0.2) is 0 Å². The molecule has 0 amide bonds. The molecule has 0 aromatic rings. The Morgan fingerprint density at radius 3 is 2.11 bits per heavy atom. The predicted molar refractivity (Wildman–Crippen MR) is 93.1 cm³/mol. The lowest BCUT2D eigenvalue weighted by Gasteiger charge is -2.03. The van der Waals surface area contributed by atoms with Crippen molar-refractivity contribution in [3.8, 4) is 0 Å². The van der Waals surface area contributed by atoms with Crippen molar-refractivity contribution in [3.63, 3.8) is 0 Å². The van der Waals surface area contributed by atoms with Crippen LogP contribution in [0.2, 0.25) is 6.04 Å². The van der Waals surface area contributed by atoms with Crippen molar-refractivity contribution in [2.45, 2.75) is 60.8 Å². The van der Waals surface area contributed by atoms with Gasteiger partial charge in [-0.2, -0.15) is 0 Å². The largest absolute Gasteiger partial charge is 0.463 e. The monoisotopic (exact) mass is 412 g/mol. The lowest BCUT2D eigenvalue weighted by molar-refractivity contribution is -0.137. The second-order valence-corrected chi connectivity index (χ2v) is 12.7. The van der Waals surface area contributed by atoms with Crippen LogP contribution in [-0.2, 0) is 9.53 Å². The Hall–Kier alpha value is 0.387. The van der Waals surface area contributed by atoms with E-state index in [1.54, 1.807) is 0 Å². The molecule has 0 heterocycles. The Labute approximate surface area is 136 Å². The minimum absolute atomic E-state index is 0.0685. The molecule has 2 nitrogen and oxygen atoms in total. The molecule has 0 unspecified atom stereocenters. The van der Waals surface area contributed by atoms with E-state index in [1.165, 1.54) is 50.6 Å². The van der Waals surface area contributed by atoms with Crippen LogP contribution in [0.4, 0.5) is 0 Å². The summed E-state index contributed by atoms with van der Waals surface area (Å²) in [7, 11) is 0.0685. The number of rotatable bonds is 13. The Balaban J connectivity index is 3.03. The van der Waals surface area contributed by atoms with Gasteiger partial charge in [-0.05, 0) is 6.42 Å². The number of esters is 1. The van der Waals surface area contributed by atoms with Gasteiger partial charge in [0, 0.05) is 15.6 Å². The molecule has 5 heteroatoms. The maximum atomic E-state index is 10.8. The van der Waals surface area contributed by atoms with Gasteiger partial charge in [-0.3, -0.25) is 0 Å². The molecule has 0 aliphatic heterocycles. The summed E-state index contributed by atoms with van der Waals surface area (Å²) in [6, 6.07) is 1.44. The van der Waals surface area contributed by atoms with E-state index in [1.807, 2.05) is 0 Å². The zero-order chi connectivity index (χ0) is 14.3. The summed E-state index contributed by atoms with van der Waals surface area (Å²) in [5.41, 5.74) is 0. The molecule has 0 aromatic heterocycles. The fourth-order valence-electron chi connectivity index (χ4n) is 1.87. The first-order valence-electron chi connectivity index (χ1n) is 7.24. The minimum Gasteiger partial charge on any atom is -0.463 e. The smallest absolute Gasteiger partial charge is 0.330 e. The standard InChI is InChI=1S/C14H26Br2O2Si/c1-2-13(17)18-11-9-7-5-3-4-6-8-10-12-19-14(15)16/h2,14H,1,3-12,19H2. The van der Waals surface area contributed by atoms with Gasteiger partial charge in [0.25, 0.3) is 0 Å². The van der Waals surface area contributed by atoms with Crippen LogP contribution in [0.1, 0.15) is 51.4 Å². The van der Waals surface area contributed by atoms with Gasteiger partial charge in [-0.25, -0.2) is 4.79 Å². The summed E-state index contributed by atoms with van der Waals surface area (Å²) < 4.78 is 5.54. The lowest BCUT2D eigenvalue weighted by atomic mass is 10.1. The quantitative estimate of drug-likeness (QED) is 0.146. The molecule has 0 spiro atoms. The van der Waals surface area contributed by atoms with Gasteiger partial charge in [-0.1, -0.05) is 89.4 Å². The maximum Gasteiger partial charge on any atom is 0.330 e. The summed E-state index contributed by atoms with van der Waals surface area (Å²) in [6.07, 6.45) is 11.4. The number of alkyl halides is 2. The molecule has 0 aliphatic carbocycles. The number of hydrogen-bond acceptors (Lipinski definition) is 2. The van der Waals surface area contributed by atoms with Crippen LogP contribution in [-0.4, -0.2) is 25.5 Å². The zero-order valence-electron chi connectivity index (χ0n) is 11.7. The molecule has 0 bridgehead atoms. The molecule has 0 saturated carbocycles. The van der Waals surface area contributed by atoms with Crippen LogP contribution < -0.4 is 0 Å². The molecule has 0 atom stereocenters. The molecule has 112 valence electrons. The van der Waals surface area contributed by atoms with Crippen LogP contribution in [0.5, 0.6) is 0 Å². The third kappa shape index (κ3) is 16.3. The predicted octanol–water partition coefficient (Wildman–Crippen LogP) is 4.50. The lowest BCUT2D eigenvalue weighted by Crippen LogP contribution is -2.01. The second-order valence-electron chi connectivity index (χ2n) is 4.73. The van der Waals surface area contributed by atoms with E-state index in [0.717, 1.165) is 12.8 Å². The molecular formula is C14H26Br2O2Si. The summed E-state index contributed by atoms with van der Waals surface area (Å²) in [5, 5.41) is 0.